The first-order valence-electron chi connectivity index (χ1n) is 7.50. The normalized spacial score (nSPS) is 12.2. The lowest BCUT2D eigenvalue weighted by Gasteiger charge is -2.15. The van der Waals surface area contributed by atoms with Crippen LogP contribution in [-0.2, 0) is 16.1 Å². The van der Waals surface area contributed by atoms with Gasteiger partial charge >= 0.3 is 17.8 Å². The number of ether oxygens (including phenoxy) is 1. The van der Waals surface area contributed by atoms with E-state index >= 15 is 0 Å². The molecule has 0 bridgehead atoms. The predicted molar refractivity (Wildman–Crippen MR) is 80.1 cm³/mol. The van der Waals surface area contributed by atoms with Gasteiger partial charge in [-0.15, -0.1) is 0 Å². The zero-order valence-electron chi connectivity index (χ0n) is 13.6. The zero-order valence-corrected chi connectivity index (χ0v) is 13.6. The van der Waals surface area contributed by atoms with Crippen molar-refractivity contribution < 1.29 is 24.0 Å². The van der Waals surface area contributed by atoms with E-state index in [1.54, 1.807) is 6.92 Å². The molecule has 2 N–H and O–H groups in total. The number of amides is 1. The summed E-state index contributed by atoms with van der Waals surface area (Å²) in [6.45, 7) is 6.04. The van der Waals surface area contributed by atoms with Gasteiger partial charge in [0.05, 0.1) is 6.61 Å². The molecule has 1 amide bonds. The van der Waals surface area contributed by atoms with Gasteiger partial charge < -0.3 is 15.2 Å². The van der Waals surface area contributed by atoms with Gasteiger partial charge in [-0.2, -0.15) is 0 Å². The van der Waals surface area contributed by atoms with E-state index in [1.165, 1.54) is 4.57 Å². The third-order valence-corrected chi connectivity index (χ3v) is 3.13. The number of rotatable bonds is 9. The number of hydrogen-bond acceptors (Lipinski definition) is 6. The number of unbranched alkanes of at least 4 members (excludes halogenated alkanes) is 1. The molecule has 130 valence electrons. The minimum Gasteiger partial charge on any atom is -0.480 e. The number of carbonyl (C=O) groups excluding carboxylic acids is 1. The fourth-order valence-electron chi connectivity index (χ4n) is 1.89. The molecule has 0 radical (unpaired) electrons. The Hall–Kier alpha value is -2.32. The molecule has 9 heteroatoms. The Morgan fingerprint density at radius 2 is 2.09 bits per heavy atom. The highest BCUT2D eigenvalue weighted by molar-refractivity contribution is 5.79. The number of aromatic nitrogens is 2. The number of alkyl carbamates (subject to hydrolysis) is 1. The maximum atomic E-state index is 11.5. The molecule has 0 aromatic carbocycles. The lowest BCUT2D eigenvalue weighted by Crippen LogP contribution is -2.41. The first-order valence-corrected chi connectivity index (χ1v) is 7.50. The molecule has 23 heavy (non-hydrogen) atoms. The Labute approximate surface area is 133 Å². The largest absolute Gasteiger partial charge is 0.480 e. The van der Waals surface area contributed by atoms with Crippen molar-refractivity contribution in [3.05, 3.63) is 16.4 Å². The average Bonchev–Trinajstić information content (AvgIpc) is 2.79. The monoisotopic (exact) mass is 329 g/mol. The molecule has 1 rings (SSSR count). The molecular formula is C14H23N3O6. The Morgan fingerprint density at radius 3 is 2.61 bits per heavy atom. The summed E-state index contributed by atoms with van der Waals surface area (Å²) in [5.74, 6) is -1.01. The van der Waals surface area contributed by atoms with E-state index in [1.807, 2.05) is 13.8 Å². The highest BCUT2D eigenvalue weighted by Crippen LogP contribution is 2.05. The second-order valence-electron chi connectivity index (χ2n) is 5.67. The molecule has 1 aromatic rings. The first-order chi connectivity index (χ1) is 10.8. The van der Waals surface area contributed by atoms with Gasteiger partial charge in [-0.1, -0.05) is 19.0 Å². The van der Waals surface area contributed by atoms with Gasteiger partial charge in [-0.3, -0.25) is 9.09 Å². The maximum Gasteiger partial charge on any atom is 0.441 e. The molecule has 0 fully saturated rings. The van der Waals surface area contributed by atoms with Gasteiger partial charge in [-0.25, -0.2) is 14.4 Å². The van der Waals surface area contributed by atoms with Crippen LogP contribution in [0, 0.1) is 12.8 Å². The van der Waals surface area contributed by atoms with Crippen molar-refractivity contribution in [2.24, 2.45) is 5.92 Å². The Kier molecular flexibility index (Phi) is 7.30. The number of nitrogens with zero attached hydrogens (tertiary/aromatic N) is 2. The number of aryl methyl sites for hydroxylation is 1. The van der Waals surface area contributed by atoms with Crippen LogP contribution >= 0.6 is 0 Å². The third kappa shape index (κ3) is 6.54. The third-order valence-electron chi connectivity index (χ3n) is 3.13. The second-order valence-corrected chi connectivity index (χ2v) is 5.67. The number of carboxylic acid groups (broad SMARTS) is 1. The van der Waals surface area contributed by atoms with Crippen molar-refractivity contribution >= 4 is 12.1 Å². The van der Waals surface area contributed by atoms with Gasteiger partial charge in [0.2, 0.25) is 0 Å². The number of hydrogen-bond donors (Lipinski definition) is 2. The molecule has 0 aliphatic rings. The molecule has 0 aliphatic carbocycles. The van der Waals surface area contributed by atoms with E-state index in [9.17, 15) is 14.4 Å². The van der Waals surface area contributed by atoms with E-state index in [2.05, 4.69) is 15.0 Å². The molecule has 0 saturated carbocycles. The smallest absolute Gasteiger partial charge is 0.441 e. The van der Waals surface area contributed by atoms with E-state index in [0.717, 1.165) is 0 Å². The molecule has 1 atom stereocenters. The number of carboxylic acids is 1. The summed E-state index contributed by atoms with van der Waals surface area (Å²) in [4.78, 5) is 34.0. The van der Waals surface area contributed by atoms with Crippen molar-refractivity contribution in [1.29, 1.82) is 0 Å². The first kappa shape index (κ1) is 18.7. The summed E-state index contributed by atoms with van der Waals surface area (Å²) < 4.78 is 10.8. The van der Waals surface area contributed by atoms with Crippen LogP contribution in [0.2, 0.25) is 0 Å². The lowest BCUT2D eigenvalue weighted by atomic mass is 10.1. The molecule has 0 aliphatic heterocycles. The van der Waals surface area contributed by atoms with Crippen LogP contribution in [0.4, 0.5) is 4.79 Å². The topological polar surface area (TPSA) is 124 Å². The van der Waals surface area contributed by atoms with Crippen molar-refractivity contribution in [2.45, 2.75) is 52.6 Å². The number of aliphatic carboxylic acids is 1. The second kappa shape index (κ2) is 8.96. The summed E-state index contributed by atoms with van der Waals surface area (Å²) in [5.41, 5.74) is 0. The molecule has 9 nitrogen and oxygen atoms in total. The van der Waals surface area contributed by atoms with Crippen molar-refractivity contribution in [3.8, 4) is 0 Å². The Balaban J connectivity index is 2.37. The van der Waals surface area contributed by atoms with Crippen LogP contribution in [0.25, 0.3) is 0 Å². The van der Waals surface area contributed by atoms with Crippen LogP contribution in [0.5, 0.6) is 0 Å². The maximum absolute atomic E-state index is 11.5. The van der Waals surface area contributed by atoms with Crippen LogP contribution in [0.15, 0.2) is 9.32 Å². The van der Waals surface area contributed by atoms with Crippen LogP contribution in [-0.4, -0.2) is 39.5 Å². The number of carbonyl (C=O) groups is 2. The van der Waals surface area contributed by atoms with E-state index < -0.39 is 23.9 Å². The van der Waals surface area contributed by atoms with Crippen LogP contribution < -0.4 is 11.1 Å². The van der Waals surface area contributed by atoms with E-state index in [0.29, 0.717) is 25.2 Å². The van der Waals surface area contributed by atoms with E-state index in [4.69, 9.17) is 9.84 Å². The predicted octanol–water partition coefficient (Wildman–Crippen LogP) is 1.15. The summed E-state index contributed by atoms with van der Waals surface area (Å²) in [6.07, 6.45) is 0.579. The van der Waals surface area contributed by atoms with Crippen molar-refractivity contribution in [2.75, 3.05) is 6.61 Å². The quantitative estimate of drug-likeness (QED) is 0.651. The summed E-state index contributed by atoms with van der Waals surface area (Å²) in [6, 6.07) is -1.02. The standard InChI is InChI=1S/C14H23N3O6/c1-9(2)8-22-13(20)15-11(12(18)19)6-4-5-7-17-10(3)16-23-14(17)21/h9,11H,4-8H2,1-3H3,(H,15,20)(H,18,19)/t11-/m0/s1. The lowest BCUT2D eigenvalue weighted by molar-refractivity contribution is -0.139. The zero-order chi connectivity index (χ0) is 17.4. The summed E-state index contributed by atoms with van der Waals surface area (Å²) in [7, 11) is 0. The van der Waals surface area contributed by atoms with Gasteiger partial charge in [0.25, 0.3) is 0 Å². The SMILES string of the molecule is Cc1noc(=O)n1CCCC[C@H](NC(=O)OCC(C)C)C(=O)O. The minimum absolute atomic E-state index is 0.175. The molecule has 0 saturated heterocycles. The molecule has 1 heterocycles. The molecule has 1 aromatic heterocycles. The van der Waals surface area contributed by atoms with E-state index in [-0.39, 0.29) is 18.9 Å². The van der Waals surface area contributed by atoms with Crippen molar-refractivity contribution in [1.82, 2.24) is 15.0 Å². The molecular weight excluding hydrogens is 306 g/mol. The fourth-order valence-corrected chi connectivity index (χ4v) is 1.89. The van der Waals surface area contributed by atoms with Gasteiger partial charge in [0.1, 0.15) is 6.04 Å². The summed E-state index contributed by atoms with van der Waals surface area (Å²) in [5, 5.41) is 15.0. The van der Waals surface area contributed by atoms with Crippen LogP contribution in [0.3, 0.4) is 0 Å². The highest BCUT2D eigenvalue weighted by Gasteiger charge is 2.20. The highest BCUT2D eigenvalue weighted by atomic mass is 16.5. The van der Waals surface area contributed by atoms with Crippen LogP contribution in [0.1, 0.15) is 38.9 Å². The summed E-state index contributed by atoms with van der Waals surface area (Å²) >= 11 is 0. The molecule has 0 spiro atoms. The van der Waals surface area contributed by atoms with Gasteiger partial charge in [0.15, 0.2) is 5.82 Å². The number of nitrogens with one attached hydrogen (secondary N) is 1. The van der Waals surface area contributed by atoms with Gasteiger partial charge in [0, 0.05) is 6.54 Å². The average molecular weight is 329 g/mol. The van der Waals surface area contributed by atoms with Gasteiger partial charge in [-0.05, 0) is 32.1 Å². The Bertz CT molecular complexity index is 577. The molecule has 0 unspecified atom stereocenters. The van der Waals surface area contributed by atoms with Crippen molar-refractivity contribution in [3.63, 3.8) is 0 Å². The fraction of sp³-hybridized carbons (Fsp3) is 0.714. The minimum atomic E-state index is -1.12. The Morgan fingerprint density at radius 1 is 1.39 bits per heavy atom.